The minimum absolute atomic E-state index is 0.232. The SMILES string of the molecule is Cc1cc(Br)cnc1NC(=O)c1n[nH]c(C2CC2)c1N. The summed E-state index contributed by atoms with van der Waals surface area (Å²) in [6, 6.07) is 1.88. The van der Waals surface area contributed by atoms with Crippen LogP contribution in [0.3, 0.4) is 0 Å². The van der Waals surface area contributed by atoms with Crippen molar-refractivity contribution in [2.75, 3.05) is 11.1 Å². The van der Waals surface area contributed by atoms with E-state index in [9.17, 15) is 4.79 Å². The molecule has 2 aromatic rings. The molecule has 0 saturated heterocycles. The van der Waals surface area contributed by atoms with E-state index in [1.165, 1.54) is 0 Å². The lowest BCUT2D eigenvalue weighted by Gasteiger charge is -2.06. The minimum Gasteiger partial charge on any atom is -0.395 e. The molecule has 1 aliphatic carbocycles. The maximum absolute atomic E-state index is 12.2. The molecule has 0 unspecified atom stereocenters. The number of anilines is 2. The quantitative estimate of drug-likeness (QED) is 0.803. The number of carbonyl (C=O) groups excluding carboxylic acids is 1. The zero-order chi connectivity index (χ0) is 14.3. The van der Waals surface area contributed by atoms with Gasteiger partial charge in [-0.05, 0) is 47.3 Å². The van der Waals surface area contributed by atoms with E-state index in [4.69, 9.17) is 5.73 Å². The average molecular weight is 336 g/mol. The summed E-state index contributed by atoms with van der Waals surface area (Å²) >= 11 is 3.33. The van der Waals surface area contributed by atoms with Crippen LogP contribution in [-0.2, 0) is 0 Å². The number of pyridine rings is 1. The van der Waals surface area contributed by atoms with Crippen LogP contribution in [-0.4, -0.2) is 21.1 Å². The van der Waals surface area contributed by atoms with Crippen molar-refractivity contribution in [3.05, 3.63) is 33.7 Å². The molecule has 7 heteroatoms. The van der Waals surface area contributed by atoms with E-state index in [0.717, 1.165) is 28.6 Å². The maximum atomic E-state index is 12.2. The molecule has 0 aliphatic heterocycles. The van der Waals surface area contributed by atoms with Crippen LogP contribution in [0.25, 0.3) is 0 Å². The summed E-state index contributed by atoms with van der Waals surface area (Å²) < 4.78 is 0.864. The van der Waals surface area contributed by atoms with Crippen molar-refractivity contribution in [2.24, 2.45) is 0 Å². The third-order valence-corrected chi connectivity index (χ3v) is 3.74. The standard InChI is InChI=1S/C13H14BrN5O/c1-6-4-8(14)5-16-12(6)17-13(20)11-9(15)10(18-19-11)7-2-3-7/h4-5,7H,2-3,15H2,1H3,(H,18,19)(H,16,17,20). The van der Waals surface area contributed by atoms with Crippen LogP contribution in [0.15, 0.2) is 16.7 Å². The molecule has 6 nitrogen and oxygen atoms in total. The Hall–Kier alpha value is -1.89. The van der Waals surface area contributed by atoms with Gasteiger partial charge in [-0.2, -0.15) is 5.10 Å². The van der Waals surface area contributed by atoms with Crippen LogP contribution in [0.1, 0.15) is 40.5 Å². The summed E-state index contributed by atoms with van der Waals surface area (Å²) in [6.45, 7) is 1.87. The summed E-state index contributed by atoms with van der Waals surface area (Å²) in [7, 11) is 0. The second-order valence-corrected chi connectivity index (χ2v) is 5.86. The normalized spacial score (nSPS) is 14.3. The number of amides is 1. The molecule has 1 aliphatic rings. The Kier molecular flexibility index (Phi) is 3.21. The van der Waals surface area contributed by atoms with Gasteiger partial charge in [0.15, 0.2) is 5.69 Å². The molecule has 0 aromatic carbocycles. The molecule has 0 radical (unpaired) electrons. The van der Waals surface area contributed by atoms with E-state index < -0.39 is 0 Å². The highest BCUT2D eigenvalue weighted by atomic mass is 79.9. The second-order valence-electron chi connectivity index (χ2n) is 4.95. The molecule has 2 heterocycles. The number of aromatic nitrogens is 3. The van der Waals surface area contributed by atoms with Gasteiger partial charge in [0.05, 0.1) is 11.4 Å². The van der Waals surface area contributed by atoms with Crippen molar-refractivity contribution in [2.45, 2.75) is 25.7 Å². The Bertz CT molecular complexity index is 677. The minimum atomic E-state index is -0.344. The number of aryl methyl sites for hydroxylation is 1. The number of nitrogen functional groups attached to an aromatic ring is 1. The fraction of sp³-hybridized carbons (Fsp3) is 0.308. The topological polar surface area (TPSA) is 96.7 Å². The fourth-order valence-corrected chi connectivity index (χ4v) is 2.50. The van der Waals surface area contributed by atoms with Crippen molar-refractivity contribution < 1.29 is 4.79 Å². The molecule has 4 N–H and O–H groups in total. The Morgan fingerprint density at radius 3 is 2.95 bits per heavy atom. The highest BCUT2D eigenvalue weighted by Gasteiger charge is 2.30. The molecule has 0 spiro atoms. The predicted molar refractivity (Wildman–Crippen MR) is 79.6 cm³/mol. The number of H-pyrrole nitrogens is 1. The van der Waals surface area contributed by atoms with Crippen molar-refractivity contribution in [3.63, 3.8) is 0 Å². The van der Waals surface area contributed by atoms with E-state index in [1.807, 2.05) is 13.0 Å². The lowest BCUT2D eigenvalue weighted by molar-refractivity contribution is 0.102. The molecule has 1 saturated carbocycles. The number of rotatable bonds is 3. The molecular weight excluding hydrogens is 322 g/mol. The number of hydrogen-bond acceptors (Lipinski definition) is 4. The Balaban J connectivity index is 1.82. The zero-order valence-corrected chi connectivity index (χ0v) is 12.5. The molecule has 0 atom stereocenters. The van der Waals surface area contributed by atoms with E-state index in [-0.39, 0.29) is 11.6 Å². The van der Waals surface area contributed by atoms with Crippen LogP contribution in [0.4, 0.5) is 11.5 Å². The van der Waals surface area contributed by atoms with Gasteiger partial charge in [0.1, 0.15) is 5.82 Å². The number of nitrogens with two attached hydrogens (primary N) is 1. The number of nitrogens with one attached hydrogen (secondary N) is 2. The van der Waals surface area contributed by atoms with Gasteiger partial charge in [-0.1, -0.05) is 0 Å². The van der Waals surface area contributed by atoms with Gasteiger partial charge in [0.25, 0.3) is 5.91 Å². The summed E-state index contributed by atoms with van der Waals surface area (Å²) in [5.41, 5.74) is 8.39. The number of hydrogen-bond donors (Lipinski definition) is 3. The van der Waals surface area contributed by atoms with E-state index in [0.29, 0.717) is 17.4 Å². The van der Waals surface area contributed by atoms with Crippen LogP contribution in [0.5, 0.6) is 0 Å². The van der Waals surface area contributed by atoms with Gasteiger partial charge < -0.3 is 11.1 Å². The number of carbonyl (C=O) groups is 1. The van der Waals surface area contributed by atoms with Crippen LogP contribution in [0, 0.1) is 6.92 Å². The number of nitrogens with zero attached hydrogens (tertiary/aromatic N) is 2. The van der Waals surface area contributed by atoms with E-state index in [1.54, 1.807) is 6.20 Å². The lowest BCUT2D eigenvalue weighted by atomic mass is 10.2. The molecular formula is C13H14BrN5O. The van der Waals surface area contributed by atoms with E-state index in [2.05, 4.69) is 36.4 Å². The fourth-order valence-electron chi connectivity index (χ4n) is 2.06. The Morgan fingerprint density at radius 2 is 2.30 bits per heavy atom. The van der Waals surface area contributed by atoms with Gasteiger partial charge in [0, 0.05) is 16.6 Å². The molecule has 1 fully saturated rings. The molecule has 3 rings (SSSR count). The van der Waals surface area contributed by atoms with Gasteiger partial charge in [0.2, 0.25) is 0 Å². The largest absolute Gasteiger partial charge is 0.395 e. The monoisotopic (exact) mass is 335 g/mol. The van der Waals surface area contributed by atoms with Crippen molar-refractivity contribution in [1.82, 2.24) is 15.2 Å². The lowest BCUT2D eigenvalue weighted by Crippen LogP contribution is -2.16. The summed E-state index contributed by atoms with van der Waals surface area (Å²) in [4.78, 5) is 16.4. The van der Waals surface area contributed by atoms with Crippen molar-refractivity contribution >= 4 is 33.3 Å². The summed E-state index contributed by atoms with van der Waals surface area (Å²) in [5.74, 6) is 0.591. The van der Waals surface area contributed by atoms with Crippen LogP contribution >= 0.6 is 15.9 Å². The zero-order valence-electron chi connectivity index (χ0n) is 10.9. The molecule has 20 heavy (non-hydrogen) atoms. The third kappa shape index (κ3) is 2.40. The molecule has 1 amide bonds. The summed E-state index contributed by atoms with van der Waals surface area (Å²) in [6.07, 6.45) is 3.83. The van der Waals surface area contributed by atoms with Gasteiger partial charge in [-0.15, -0.1) is 0 Å². The first kappa shape index (κ1) is 13.1. The number of halogens is 1. The summed E-state index contributed by atoms with van der Waals surface area (Å²) in [5, 5.41) is 9.62. The van der Waals surface area contributed by atoms with Crippen molar-refractivity contribution in [3.8, 4) is 0 Å². The maximum Gasteiger partial charge on any atom is 0.279 e. The third-order valence-electron chi connectivity index (χ3n) is 3.31. The first-order valence-corrected chi connectivity index (χ1v) is 7.12. The average Bonchev–Trinajstić information content (AvgIpc) is 3.16. The Morgan fingerprint density at radius 1 is 1.55 bits per heavy atom. The predicted octanol–water partition coefficient (Wildman–Crippen LogP) is 2.59. The highest BCUT2D eigenvalue weighted by Crippen LogP contribution is 2.42. The highest BCUT2D eigenvalue weighted by molar-refractivity contribution is 9.10. The Labute approximate surface area is 124 Å². The smallest absolute Gasteiger partial charge is 0.279 e. The first-order valence-electron chi connectivity index (χ1n) is 6.33. The second kappa shape index (κ2) is 4.90. The van der Waals surface area contributed by atoms with Gasteiger partial charge in [-0.3, -0.25) is 9.89 Å². The van der Waals surface area contributed by atoms with Crippen LogP contribution < -0.4 is 11.1 Å². The van der Waals surface area contributed by atoms with Crippen LogP contribution in [0.2, 0.25) is 0 Å². The van der Waals surface area contributed by atoms with E-state index >= 15 is 0 Å². The number of aromatic amines is 1. The van der Waals surface area contributed by atoms with Gasteiger partial charge in [-0.25, -0.2) is 4.98 Å². The molecule has 2 aromatic heterocycles. The first-order chi connectivity index (χ1) is 9.56. The van der Waals surface area contributed by atoms with Gasteiger partial charge >= 0.3 is 0 Å². The molecule has 0 bridgehead atoms. The molecule has 104 valence electrons. The van der Waals surface area contributed by atoms with Crippen molar-refractivity contribution in [1.29, 1.82) is 0 Å².